The van der Waals surface area contributed by atoms with Gasteiger partial charge in [0.1, 0.15) is 5.69 Å². The van der Waals surface area contributed by atoms with E-state index in [0.29, 0.717) is 5.69 Å². The summed E-state index contributed by atoms with van der Waals surface area (Å²) >= 11 is 0. The summed E-state index contributed by atoms with van der Waals surface area (Å²) < 4.78 is 0. The molecule has 1 heterocycles. The van der Waals surface area contributed by atoms with Crippen molar-refractivity contribution in [2.45, 2.75) is 13.8 Å². The predicted molar refractivity (Wildman–Crippen MR) is 62.5 cm³/mol. The van der Waals surface area contributed by atoms with E-state index in [9.17, 15) is 4.79 Å². The summed E-state index contributed by atoms with van der Waals surface area (Å²) in [7, 11) is 0. The number of H-pyrrole nitrogens is 1. The van der Waals surface area contributed by atoms with Crippen molar-refractivity contribution >= 4 is 11.6 Å². The minimum Gasteiger partial charge on any atom is -0.320 e. The Morgan fingerprint density at radius 1 is 1.31 bits per heavy atom. The van der Waals surface area contributed by atoms with Gasteiger partial charge in [-0.05, 0) is 31.5 Å². The largest absolute Gasteiger partial charge is 0.320 e. The Balaban J connectivity index is 2.18. The van der Waals surface area contributed by atoms with Gasteiger partial charge >= 0.3 is 0 Å². The molecule has 0 aliphatic heterocycles. The molecule has 0 bridgehead atoms. The molecular weight excluding hydrogens is 202 g/mol. The maximum atomic E-state index is 11.7. The fourth-order valence-electron chi connectivity index (χ4n) is 1.53. The van der Waals surface area contributed by atoms with Gasteiger partial charge < -0.3 is 5.32 Å². The van der Waals surface area contributed by atoms with Gasteiger partial charge in [0.25, 0.3) is 5.91 Å². The Kier molecular flexibility index (Phi) is 2.72. The number of anilines is 1. The first kappa shape index (κ1) is 10.4. The zero-order valence-corrected chi connectivity index (χ0v) is 9.24. The van der Waals surface area contributed by atoms with Crippen LogP contribution in [0.15, 0.2) is 30.5 Å². The first-order valence-electron chi connectivity index (χ1n) is 5.05. The number of hydrogen-bond donors (Lipinski definition) is 2. The molecule has 4 heteroatoms. The van der Waals surface area contributed by atoms with Crippen LogP contribution in [0.2, 0.25) is 0 Å². The number of hydrogen-bond acceptors (Lipinski definition) is 2. The second-order valence-electron chi connectivity index (χ2n) is 3.74. The standard InChI is InChI=1S/C12H13N3O/c1-8-3-4-10(9(2)7-8)14-12(16)11-5-6-13-15-11/h3-7H,1-2H3,(H,13,15)(H,14,16). The number of nitrogens with one attached hydrogen (secondary N) is 2. The first-order valence-corrected chi connectivity index (χ1v) is 5.05. The van der Waals surface area contributed by atoms with Gasteiger partial charge in [-0.2, -0.15) is 5.10 Å². The molecule has 4 nitrogen and oxygen atoms in total. The van der Waals surface area contributed by atoms with Crippen LogP contribution < -0.4 is 5.32 Å². The van der Waals surface area contributed by atoms with Gasteiger partial charge in [0.2, 0.25) is 0 Å². The highest BCUT2D eigenvalue weighted by atomic mass is 16.1. The molecule has 0 unspecified atom stereocenters. The second-order valence-corrected chi connectivity index (χ2v) is 3.74. The molecule has 1 aromatic heterocycles. The zero-order chi connectivity index (χ0) is 11.5. The van der Waals surface area contributed by atoms with Crippen LogP contribution in [0, 0.1) is 13.8 Å². The van der Waals surface area contributed by atoms with E-state index in [-0.39, 0.29) is 5.91 Å². The minimum absolute atomic E-state index is 0.176. The molecule has 82 valence electrons. The van der Waals surface area contributed by atoms with Crippen molar-refractivity contribution in [3.8, 4) is 0 Å². The lowest BCUT2D eigenvalue weighted by Crippen LogP contribution is -2.13. The topological polar surface area (TPSA) is 57.8 Å². The third kappa shape index (κ3) is 2.11. The third-order valence-electron chi connectivity index (χ3n) is 2.38. The van der Waals surface area contributed by atoms with Crippen molar-refractivity contribution in [1.29, 1.82) is 0 Å². The Morgan fingerprint density at radius 3 is 2.75 bits per heavy atom. The number of amides is 1. The molecule has 0 saturated carbocycles. The highest BCUT2D eigenvalue weighted by Crippen LogP contribution is 2.16. The van der Waals surface area contributed by atoms with Crippen molar-refractivity contribution in [1.82, 2.24) is 10.2 Å². The number of aryl methyl sites for hydroxylation is 2. The van der Waals surface area contributed by atoms with Crippen molar-refractivity contribution in [3.63, 3.8) is 0 Å². The minimum atomic E-state index is -0.176. The van der Waals surface area contributed by atoms with E-state index >= 15 is 0 Å². The third-order valence-corrected chi connectivity index (χ3v) is 2.38. The second kappa shape index (κ2) is 4.18. The maximum Gasteiger partial charge on any atom is 0.273 e. The van der Waals surface area contributed by atoms with E-state index in [1.165, 1.54) is 5.56 Å². The van der Waals surface area contributed by atoms with E-state index in [4.69, 9.17) is 0 Å². The van der Waals surface area contributed by atoms with Crippen LogP contribution in [0.1, 0.15) is 21.6 Å². The number of aromatic amines is 1. The normalized spacial score (nSPS) is 10.1. The van der Waals surface area contributed by atoms with Crippen LogP contribution in [-0.4, -0.2) is 16.1 Å². The van der Waals surface area contributed by atoms with Gasteiger partial charge in [0.05, 0.1) is 0 Å². The van der Waals surface area contributed by atoms with Crippen LogP contribution in [0.3, 0.4) is 0 Å². The van der Waals surface area contributed by atoms with E-state index in [1.807, 2.05) is 32.0 Å². The average molecular weight is 215 g/mol. The van der Waals surface area contributed by atoms with E-state index < -0.39 is 0 Å². The molecule has 2 aromatic rings. The van der Waals surface area contributed by atoms with Crippen LogP contribution in [0.4, 0.5) is 5.69 Å². The Hall–Kier alpha value is -2.10. The Labute approximate surface area is 93.7 Å². The summed E-state index contributed by atoms with van der Waals surface area (Å²) in [5.74, 6) is -0.176. The van der Waals surface area contributed by atoms with Gasteiger partial charge in [-0.15, -0.1) is 0 Å². The summed E-state index contributed by atoms with van der Waals surface area (Å²) in [6, 6.07) is 7.54. The molecule has 1 aromatic carbocycles. The van der Waals surface area contributed by atoms with Crippen molar-refractivity contribution in [2.75, 3.05) is 5.32 Å². The van der Waals surface area contributed by atoms with Crippen molar-refractivity contribution in [2.24, 2.45) is 0 Å². The van der Waals surface area contributed by atoms with Crippen LogP contribution in [-0.2, 0) is 0 Å². The molecule has 2 rings (SSSR count). The molecule has 0 fully saturated rings. The summed E-state index contributed by atoms with van der Waals surface area (Å²) in [6.07, 6.45) is 1.55. The highest BCUT2D eigenvalue weighted by molar-refractivity contribution is 6.03. The molecule has 0 atom stereocenters. The summed E-state index contributed by atoms with van der Waals surface area (Å²) in [6.45, 7) is 3.99. The van der Waals surface area contributed by atoms with Gasteiger partial charge in [-0.25, -0.2) is 0 Å². The lowest BCUT2D eigenvalue weighted by atomic mass is 10.1. The number of nitrogens with zero attached hydrogens (tertiary/aromatic N) is 1. The van der Waals surface area contributed by atoms with Gasteiger partial charge in [0.15, 0.2) is 0 Å². The monoisotopic (exact) mass is 215 g/mol. The SMILES string of the molecule is Cc1ccc(NC(=O)c2ccn[nH]2)c(C)c1. The van der Waals surface area contributed by atoms with Gasteiger partial charge in [-0.1, -0.05) is 17.7 Å². The average Bonchev–Trinajstić information content (AvgIpc) is 2.75. The molecule has 2 N–H and O–H groups in total. The number of carbonyl (C=O) groups excluding carboxylic acids is 1. The van der Waals surface area contributed by atoms with Crippen LogP contribution in [0.25, 0.3) is 0 Å². The van der Waals surface area contributed by atoms with Crippen molar-refractivity contribution in [3.05, 3.63) is 47.3 Å². The molecule has 1 amide bonds. The molecule has 0 aliphatic rings. The summed E-state index contributed by atoms with van der Waals surface area (Å²) in [5, 5.41) is 9.19. The Bertz CT molecular complexity index is 503. The molecule has 0 aliphatic carbocycles. The number of benzene rings is 1. The molecule has 0 spiro atoms. The number of aromatic nitrogens is 2. The number of rotatable bonds is 2. The molecule has 0 radical (unpaired) electrons. The lowest BCUT2D eigenvalue weighted by molar-refractivity contribution is 0.102. The first-order chi connectivity index (χ1) is 7.66. The smallest absolute Gasteiger partial charge is 0.273 e. The van der Waals surface area contributed by atoms with Crippen LogP contribution in [0.5, 0.6) is 0 Å². The molecule has 0 saturated heterocycles. The Morgan fingerprint density at radius 2 is 2.12 bits per heavy atom. The fraction of sp³-hybridized carbons (Fsp3) is 0.167. The molecule has 16 heavy (non-hydrogen) atoms. The lowest BCUT2D eigenvalue weighted by Gasteiger charge is -2.07. The maximum absolute atomic E-state index is 11.7. The highest BCUT2D eigenvalue weighted by Gasteiger charge is 2.08. The van der Waals surface area contributed by atoms with Gasteiger partial charge in [-0.3, -0.25) is 9.89 Å². The van der Waals surface area contributed by atoms with E-state index in [0.717, 1.165) is 11.3 Å². The predicted octanol–water partition coefficient (Wildman–Crippen LogP) is 2.28. The summed E-state index contributed by atoms with van der Waals surface area (Å²) in [4.78, 5) is 11.7. The number of carbonyl (C=O) groups is 1. The quantitative estimate of drug-likeness (QED) is 0.807. The zero-order valence-electron chi connectivity index (χ0n) is 9.24. The van der Waals surface area contributed by atoms with Crippen molar-refractivity contribution < 1.29 is 4.79 Å². The fourth-order valence-corrected chi connectivity index (χ4v) is 1.53. The van der Waals surface area contributed by atoms with E-state index in [1.54, 1.807) is 12.3 Å². The van der Waals surface area contributed by atoms with Crippen LogP contribution >= 0.6 is 0 Å². The van der Waals surface area contributed by atoms with E-state index in [2.05, 4.69) is 15.5 Å². The summed E-state index contributed by atoms with van der Waals surface area (Å²) in [5.41, 5.74) is 3.51. The molecular formula is C12H13N3O. The van der Waals surface area contributed by atoms with Gasteiger partial charge in [0, 0.05) is 11.9 Å².